The molecule has 2 nitrogen and oxygen atoms in total. The number of hydrogen-bond donors (Lipinski definition) is 0. The van der Waals surface area contributed by atoms with Gasteiger partial charge in [-0.3, -0.25) is 0 Å². The second-order valence-corrected chi connectivity index (χ2v) is 9.33. The second-order valence-electron chi connectivity index (χ2n) is 4.52. The molecule has 0 unspecified atom stereocenters. The molecule has 0 atom stereocenters. The van der Waals surface area contributed by atoms with E-state index in [1.54, 1.807) is 0 Å². The first-order chi connectivity index (χ1) is 5.31. The van der Waals surface area contributed by atoms with Gasteiger partial charge in [0.1, 0.15) is 0 Å². The minimum Gasteiger partial charge on any atom is -0.416 e. The van der Waals surface area contributed by atoms with Gasteiger partial charge < -0.3 is 4.43 Å². The summed E-state index contributed by atoms with van der Waals surface area (Å²) in [5.74, 6) is 0. The molecule has 0 amide bonds. The number of rotatable bonds is 3. The first-order valence-corrected chi connectivity index (χ1v) is 7.23. The van der Waals surface area contributed by atoms with Gasteiger partial charge in [-0.2, -0.15) is 5.26 Å². The summed E-state index contributed by atoms with van der Waals surface area (Å²) in [6, 6.07) is 2.09. The van der Waals surface area contributed by atoms with Gasteiger partial charge >= 0.3 is 0 Å². The van der Waals surface area contributed by atoms with Crippen molar-refractivity contribution >= 4 is 8.32 Å². The van der Waals surface area contributed by atoms with Crippen LogP contribution < -0.4 is 0 Å². The summed E-state index contributed by atoms with van der Waals surface area (Å²) in [5.41, 5.74) is 0. The molecule has 0 radical (unpaired) electrons. The Morgan fingerprint density at radius 2 is 1.83 bits per heavy atom. The van der Waals surface area contributed by atoms with E-state index in [1.807, 2.05) is 0 Å². The summed E-state index contributed by atoms with van der Waals surface area (Å²) >= 11 is 0. The average molecular weight is 188 g/mol. The van der Waals surface area contributed by atoms with Gasteiger partial charge in [-0.15, -0.1) is 0 Å². The normalized spacial score (nSPS) is 12.7. The largest absolute Gasteiger partial charge is 0.416 e. The van der Waals surface area contributed by atoms with Gasteiger partial charge in [0.05, 0.1) is 12.5 Å². The Labute approximate surface area is 76.7 Å². The van der Waals surface area contributed by atoms with Crippen LogP contribution in [0.2, 0.25) is 18.1 Å². The fourth-order valence-corrected chi connectivity index (χ4v) is 1.61. The highest BCUT2D eigenvalue weighted by molar-refractivity contribution is 6.74. The number of nitriles is 1. The van der Waals surface area contributed by atoms with E-state index in [-0.39, 0.29) is 5.04 Å². The molecule has 0 N–H and O–H groups in total. The Kier molecular flexibility index (Phi) is 3.95. The van der Waals surface area contributed by atoms with E-state index < -0.39 is 8.32 Å². The summed E-state index contributed by atoms with van der Waals surface area (Å²) in [6.45, 7) is 11.6. The summed E-state index contributed by atoms with van der Waals surface area (Å²) in [5, 5.41) is 8.60. The van der Waals surface area contributed by atoms with Crippen LogP contribution in [-0.2, 0) is 4.43 Å². The first kappa shape index (κ1) is 11.7. The Morgan fingerprint density at radius 1 is 1.33 bits per heavy atom. The maximum absolute atomic E-state index is 8.35. The fourth-order valence-electron chi connectivity index (χ4n) is 0.568. The van der Waals surface area contributed by atoms with Gasteiger partial charge in [-0.1, -0.05) is 20.8 Å². The molecule has 0 aliphatic rings. The molecule has 0 bridgehead atoms. The Balaban J connectivity index is 3.98. The van der Waals surface area contributed by atoms with Crippen LogP contribution in [0.5, 0.6) is 0 Å². The molecule has 0 heterocycles. The van der Waals surface area contributed by atoms with Crippen molar-refractivity contribution in [1.82, 2.24) is 0 Å². The van der Waals surface area contributed by atoms with E-state index in [0.29, 0.717) is 13.0 Å². The van der Waals surface area contributed by atoms with Crippen LogP contribution in [0.4, 0.5) is 0 Å². The number of hydrogen-bond acceptors (Lipinski definition) is 2. The van der Waals surface area contributed by atoms with Crippen molar-refractivity contribution in [3.05, 3.63) is 0 Å². The summed E-state index contributed by atoms with van der Waals surface area (Å²) in [6.07, 6.45) is 0.506. The van der Waals surface area contributed by atoms with Crippen LogP contribution in [-0.4, -0.2) is 14.9 Å². The second kappa shape index (κ2) is 4.06. The molecule has 0 saturated carbocycles. The lowest BCUT2D eigenvalue weighted by atomic mass is 10.2. The predicted molar refractivity (Wildman–Crippen MR) is 53.4 cm³/mol. The molecular formula is C9H19NOSi. The van der Waals surface area contributed by atoms with Gasteiger partial charge in [0.2, 0.25) is 0 Å². The van der Waals surface area contributed by atoms with Gasteiger partial charge in [0.25, 0.3) is 0 Å². The molecule has 0 aromatic carbocycles. The van der Waals surface area contributed by atoms with E-state index in [0.717, 1.165) is 0 Å². The SMILES string of the molecule is CC(C)(C)[Si](C)(C)O[13CH2][13CH2][13C]#N. The van der Waals surface area contributed by atoms with E-state index in [1.165, 1.54) is 0 Å². The van der Waals surface area contributed by atoms with Crippen LogP contribution in [0.3, 0.4) is 0 Å². The van der Waals surface area contributed by atoms with Crippen molar-refractivity contribution in [3.63, 3.8) is 0 Å². The highest BCUT2D eigenvalue weighted by Gasteiger charge is 2.36. The van der Waals surface area contributed by atoms with Gasteiger partial charge in [0, 0.05) is 6.61 Å². The van der Waals surface area contributed by atoms with E-state index in [2.05, 4.69) is 39.9 Å². The molecule has 0 aromatic heterocycles. The van der Waals surface area contributed by atoms with E-state index in [9.17, 15) is 0 Å². The first-order valence-electron chi connectivity index (χ1n) is 4.32. The standard InChI is InChI=1S/C9H19NOSi/c1-9(2,3)12(4,5)11-8-6-7-10/h6,8H2,1-5H3/i6+1,7+1,8+1. The van der Waals surface area contributed by atoms with Crippen LogP contribution >= 0.6 is 0 Å². The van der Waals surface area contributed by atoms with Crippen molar-refractivity contribution in [2.75, 3.05) is 6.61 Å². The lowest BCUT2D eigenvalue weighted by Crippen LogP contribution is -2.40. The molecule has 3 heteroatoms. The average Bonchev–Trinajstić information content (AvgIpc) is 1.85. The third-order valence-corrected chi connectivity index (χ3v) is 7.02. The van der Waals surface area contributed by atoms with Crippen molar-refractivity contribution in [3.8, 4) is 6.07 Å². The Morgan fingerprint density at radius 3 is 2.17 bits per heavy atom. The fraction of sp³-hybridized carbons (Fsp3) is 0.889. The third-order valence-electron chi connectivity index (χ3n) is 2.48. The predicted octanol–water partition coefficient (Wildman–Crippen LogP) is 2.92. The zero-order valence-corrected chi connectivity index (χ0v) is 9.77. The van der Waals surface area contributed by atoms with Crippen molar-refractivity contribution in [2.24, 2.45) is 0 Å². The Hall–Kier alpha value is -0.333. The molecule has 0 saturated heterocycles. The summed E-state index contributed by atoms with van der Waals surface area (Å²) in [4.78, 5) is 0. The van der Waals surface area contributed by atoms with Crippen LogP contribution in [0.1, 0.15) is 27.2 Å². The molecule has 0 rings (SSSR count). The molecule has 0 aliphatic carbocycles. The van der Waals surface area contributed by atoms with Gasteiger partial charge in [-0.25, -0.2) is 0 Å². The van der Waals surface area contributed by atoms with Gasteiger partial charge in [-0.05, 0) is 18.1 Å². The summed E-state index contributed by atoms with van der Waals surface area (Å²) in [7, 11) is -1.59. The maximum Gasteiger partial charge on any atom is 0.192 e. The minimum atomic E-state index is -1.59. The van der Waals surface area contributed by atoms with Crippen LogP contribution in [0.15, 0.2) is 0 Å². The number of nitrogens with zero attached hydrogens (tertiary/aromatic N) is 1. The highest BCUT2D eigenvalue weighted by Crippen LogP contribution is 2.36. The van der Waals surface area contributed by atoms with Crippen molar-refractivity contribution in [2.45, 2.75) is 45.3 Å². The minimum absolute atomic E-state index is 0.252. The third kappa shape index (κ3) is 3.38. The Bertz CT molecular complexity index is 176. The van der Waals surface area contributed by atoms with E-state index in [4.69, 9.17) is 9.69 Å². The molecule has 0 spiro atoms. The molecular weight excluding hydrogens is 169 g/mol. The summed E-state index contributed by atoms with van der Waals surface area (Å²) < 4.78 is 5.75. The lowest BCUT2D eigenvalue weighted by Gasteiger charge is -2.35. The molecule has 0 aromatic rings. The quantitative estimate of drug-likeness (QED) is 0.387. The van der Waals surface area contributed by atoms with Crippen molar-refractivity contribution in [1.29, 1.82) is 5.26 Å². The molecule has 0 aliphatic heterocycles. The zero-order chi connectivity index (χ0) is 9.83. The van der Waals surface area contributed by atoms with Crippen molar-refractivity contribution < 1.29 is 4.43 Å². The molecule has 70 valence electrons. The topological polar surface area (TPSA) is 33.0 Å². The monoisotopic (exact) mass is 188 g/mol. The maximum atomic E-state index is 8.35. The zero-order valence-electron chi connectivity index (χ0n) is 8.77. The smallest absolute Gasteiger partial charge is 0.192 e. The highest BCUT2D eigenvalue weighted by atomic mass is 28.4. The lowest BCUT2D eigenvalue weighted by molar-refractivity contribution is 0.296. The molecule has 0 fully saturated rings. The molecule has 12 heavy (non-hydrogen) atoms. The van der Waals surface area contributed by atoms with Crippen LogP contribution in [0.25, 0.3) is 0 Å². The van der Waals surface area contributed by atoms with Gasteiger partial charge in [0.15, 0.2) is 8.32 Å². The van der Waals surface area contributed by atoms with Crippen LogP contribution in [0, 0.1) is 11.3 Å². The van der Waals surface area contributed by atoms with E-state index >= 15 is 0 Å².